The fourth-order valence-electron chi connectivity index (χ4n) is 4.33. The van der Waals surface area contributed by atoms with Crippen molar-refractivity contribution in [2.75, 3.05) is 13.2 Å². The molecular weight excluding hydrogens is 503 g/mol. The van der Waals surface area contributed by atoms with Gasteiger partial charge in [-0.25, -0.2) is 0 Å². The van der Waals surface area contributed by atoms with Gasteiger partial charge in [-0.3, -0.25) is 29.4 Å². The summed E-state index contributed by atoms with van der Waals surface area (Å²) in [6.45, 7) is 10.3. The monoisotopic (exact) mass is 536 g/mol. The second-order valence-electron chi connectivity index (χ2n) is 10.6. The van der Waals surface area contributed by atoms with Gasteiger partial charge in [0.15, 0.2) is 0 Å². The molecule has 1 unspecified atom stereocenters. The van der Waals surface area contributed by atoms with E-state index in [0.29, 0.717) is 30.1 Å². The third-order valence-electron chi connectivity index (χ3n) is 7.35. The van der Waals surface area contributed by atoms with Crippen molar-refractivity contribution in [3.63, 3.8) is 0 Å². The summed E-state index contributed by atoms with van der Waals surface area (Å²) in [5, 5.41) is 2.16. The number of carbonyl (C=O) groups is 4. The highest BCUT2D eigenvalue weighted by molar-refractivity contribution is 6.62. The Kier molecular flexibility index (Phi) is 8.13. The summed E-state index contributed by atoms with van der Waals surface area (Å²) in [6, 6.07) is 11.4. The van der Waals surface area contributed by atoms with E-state index in [4.69, 9.17) is 18.8 Å². The summed E-state index contributed by atoms with van der Waals surface area (Å²) >= 11 is 0. The molecule has 0 radical (unpaired) electrons. The third-order valence-corrected chi connectivity index (χ3v) is 7.35. The second-order valence-corrected chi connectivity index (χ2v) is 10.6. The molecule has 1 atom stereocenters. The van der Waals surface area contributed by atoms with Crippen molar-refractivity contribution in [1.82, 2.24) is 10.2 Å². The molecule has 206 valence electrons. The molecule has 2 aromatic carbocycles. The van der Waals surface area contributed by atoms with Gasteiger partial charge in [-0.15, -0.1) is 0 Å². The van der Waals surface area contributed by atoms with Crippen LogP contribution in [0.15, 0.2) is 42.5 Å². The largest absolute Gasteiger partial charge is 0.494 e. The molecule has 11 heteroatoms. The Labute approximate surface area is 228 Å². The number of rotatable bonds is 9. The lowest BCUT2D eigenvalue weighted by atomic mass is 9.79. The number of benzene rings is 2. The van der Waals surface area contributed by atoms with Crippen molar-refractivity contribution in [1.29, 1.82) is 0 Å². The summed E-state index contributed by atoms with van der Waals surface area (Å²) in [6.07, 6.45) is 0.480. The molecule has 0 aromatic heterocycles. The van der Waals surface area contributed by atoms with Crippen LogP contribution in [0.25, 0.3) is 0 Å². The zero-order valence-corrected chi connectivity index (χ0v) is 22.8. The van der Waals surface area contributed by atoms with E-state index in [1.54, 1.807) is 25.1 Å². The Morgan fingerprint density at radius 2 is 1.62 bits per heavy atom. The first-order valence-corrected chi connectivity index (χ1v) is 12.9. The molecular formula is C28H33BN2O8. The summed E-state index contributed by atoms with van der Waals surface area (Å²) in [7, 11) is -0.437. The molecule has 0 aliphatic carbocycles. The van der Waals surface area contributed by atoms with Crippen LogP contribution in [0.5, 0.6) is 11.5 Å². The van der Waals surface area contributed by atoms with Gasteiger partial charge in [0.1, 0.15) is 30.8 Å². The van der Waals surface area contributed by atoms with Crippen molar-refractivity contribution in [3.05, 3.63) is 53.6 Å². The first-order chi connectivity index (χ1) is 18.4. The molecule has 2 heterocycles. The topological polar surface area (TPSA) is 120 Å². The van der Waals surface area contributed by atoms with Gasteiger partial charge in [-0.2, -0.15) is 0 Å². The number of carbonyl (C=O) groups excluding carboxylic acids is 4. The third kappa shape index (κ3) is 6.15. The van der Waals surface area contributed by atoms with E-state index in [0.717, 1.165) is 10.4 Å². The van der Waals surface area contributed by atoms with Crippen LogP contribution in [0.4, 0.5) is 0 Å². The van der Waals surface area contributed by atoms with Crippen LogP contribution in [0.3, 0.4) is 0 Å². The predicted molar refractivity (Wildman–Crippen MR) is 143 cm³/mol. The average molecular weight is 536 g/mol. The first kappa shape index (κ1) is 28.3. The standard InChI is InChI=1S/C28H33BN2O8/c1-18-16-21(10-11-22(18)26(35)31(17-32)23-12-13-24(33)30-25(23)34)37-15-14-36-20-8-6-19(7-9-20)29-38-27(2,3)28(4,5)39-29/h6-11,16-17,23H,12-15H2,1-5H3,(H,30,33,34). The van der Waals surface area contributed by atoms with Crippen molar-refractivity contribution in [2.24, 2.45) is 0 Å². The minimum atomic E-state index is -1.02. The number of ether oxygens (including phenoxy) is 2. The molecule has 2 fully saturated rings. The fourth-order valence-corrected chi connectivity index (χ4v) is 4.33. The van der Waals surface area contributed by atoms with Gasteiger partial charge in [0.05, 0.1) is 11.2 Å². The second kappa shape index (κ2) is 11.2. The molecule has 0 saturated carbocycles. The van der Waals surface area contributed by atoms with Crippen molar-refractivity contribution in [3.8, 4) is 11.5 Å². The molecule has 0 spiro atoms. The SMILES string of the molecule is Cc1cc(OCCOc2ccc(B3OC(C)(C)C(C)(C)O3)cc2)ccc1C(=O)N(C=O)C1CCC(=O)NC1=O. The zero-order chi connectivity index (χ0) is 28.4. The lowest BCUT2D eigenvalue weighted by Crippen LogP contribution is -2.53. The van der Waals surface area contributed by atoms with E-state index in [1.807, 2.05) is 52.0 Å². The van der Waals surface area contributed by atoms with E-state index in [2.05, 4.69) is 5.32 Å². The normalized spacial score (nSPS) is 19.8. The maximum atomic E-state index is 13.0. The van der Waals surface area contributed by atoms with Gasteiger partial charge < -0.3 is 18.8 Å². The van der Waals surface area contributed by atoms with E-state index in [9.17, 15) is 19.2 Å². The van der Waals surface area contributed by atoms with Gasteiger partial charge in [-0.1, -0.05) is 12.1 Å². The van der Waals surface area contributed by atoms with Crippen molar-refractivity contribution in [2.45, 2.75) is 64.7 Å². The van der Waals surface area contributed by atoms with Crippen LogP contribution in [0.2, 0.25) is 0 Å². The van der Waals surface area contributed by atoms with Crippen molar-refractivity contribution < 1.29 is 38.0 Å². The Balaban J connectivity index is 1.28. The number of hydrogen-bond acceptors (Lipinski definition) is 8. The maximum Gasteiger partial charge on any atom is 0.494 e. The number of hydrogen-bond donors (Lipinski definition) is 1. The Hall–Kier alpha value is -3.70. The van der Waals surface area contributed by atoms with Gasteiger partial charge >= 0.3 is 7.12 Å². The molecule has 39 heavy (non-hydrogen) atoms. The number of amides is 4. The highest BCUT2D eigenvalue weighted by atomic mass is 16.7. The molecule has 4 rings (SSSR count). The van der Waals surface area contributed by atoms with E-state index in [-0.39, 0.29) is 25.0 Å². The smallest absolute Gasteiger partial charge is 0.490 e. The fraction of sp³-hybridized carbons (Fsp3) is 0.429. The predicted octanol–water partition coefficient (Wildman–Crippen LogP) is 2.16. The molecule has 2 saturated heterocycles. The lowest BCUT2D eigenvalue weighted by Gasteiger charge is -2.32. The Morgan fingerprint density at radius 3 is 2.18 bits per heavy atom. The molecule has 2 aliphatic heterocycles. The van der Waals surface area contributed by atoms with Crippen LogP contribution in [0, 0.1) is 6.92 Å². The number of nitrogens with one attached hydrogen (secondary N) is 1. The Morgan fingerprint density at radius 1 is 1.03 bits per heavy atom. The van der Waals surface area contributed by atoms with Crippen LogP contribution >= 0.6 is 0 Å². The van der Waals surface area contributed by atoms with Gasteiger partial charge in [0.25, 0.3) is 5.91 Å². The highest BCUT2D eigenvalue weighted by Crippen LogP contribution is 2.36. The van der Waals surface area contributed by atoms with Crippen LogP contribution < -0.4 is 20.3 Å². The quantitative estimate of drug-likeness (QED) is 0.224. The molecule has 1 N–H and O–H groups in total. The number of piperidine rings is 1. The number of imide groups is 2. The minimum Gasteiger partial charge on any atom is -0.490 e. The molecule has 10 nitrogen and oxygen atoms in total. The van der Waals surface area contributed by atoms with Gasteiger partial charge in [-0.05, 0) is 82.4 Å². The van der Waals surface area contributed by atoms with Crippen LogP contribution in [-0.2, 0) is 23.7 Å². The summed E-state index contributed by atoms with van der Waals surface area (Å²) in [5.41, 5.74) is 0.937. The molecule has 4 amide bonds. The number of nitrogens with zero attached hydrogens (tertiary/aromatic N) is 1. The zero-order valence-electron chi connectivity index (χ0n) is 22.8. The number of aryl methyl sites for hydroxylation is 1. The van der Waals surface area contributed by atoms with Gasteiger partial charge in [0, 0.05) is 12.0 Å². The van der Waals surface area contributed by atoms with E-state index in [1.165, 1.54) is 0 Å². The van der Waals surface area contributed by atoms with E-state index >= 15 is 0 Å². The van der Waals surface area contributed by atoms with E-state index < -0.39 is 42.1 Å². The van der Waals surface area contributed by atoms with Crippen LogP contribution in [-0.4, -0.2) is 66.6 Å². The molecule has 0 bridgehead atoms. The average Bonchev–Trinajstić information content (AvgIpc) is 3.10. The van der Waals surface area contributed by atoms with Crippen LogP contribution in [0.1, 0.15) is 56.5 Å². The highest BCUT2D eigenvalue weighted by Gasteiger charge is 2.51. The molecule has 2 aromatic rings. The first-order valence-electron chi connectivity index (χ1n) is 12.9. The Bertz CT molecular complexity index is 1240. The minimum absolute atomic E-state index is 0.0615. The van der Waals surface area contributed by atoms with Gasteiger partial charge in [0.2, 0.25) is 18.2 Å². The maximum absolute atomic E-state index is 13.0. The summed E-state index contributed by atoms with van der Waals surface area (Å²) < 4.78 is 23.7. The molecule has 2 aliphatic rings. The lowest BCUT2D eigenvalue weighted by molar-refractivity contribution is -0.139. The van der Waals surface area contributed by atoms with Crippen molar-refractivity contribution >= 4 is 36.7 Å². The summed E-state index contributed by atoms with van der Waals surface area (Å²) in [4.78, 5) is 49.0. The summed E-state index contributed by atoms with van der Waals surface area (Å²) in [5.74, 6) is -0.488.